The number of ether oxygens (including phenoxy) is 1. The summed E-state index contributed by atoms with van der Waals surface area (Å²) in [6, 6.07) is 8.29. The zero-order chi connectivity index (χ0) is 22.2. The van der Waals surface area contributed by atoms with Crippen LogP contribution >= 0.6 is 11.6 Å². The first kappa shape index (κ1) is 21.5. The van der Waals surface area contributed by atoms with E-state index in [1.54, 1.807) is 19.3 Å². The molecule has 31 heavy (non-hydrogen) atoms. The Morgan fingerprint density at radius 1 is 1.23 bits per heavy atom. The number of halogens is 2. The number of hydrogen-bond donors (Lipinski definition) is 0. The fourth-order valence-corrected chi connectivity index (χ4v) is 5.05. The molecule has 0 bridgehead atoms. The van der Waals surface area contributed by atoms with Crippen LogP contribution in [0.3, 0.4) is 0 Å². The molecule has 0 unspecified atom stereocenters. The van der Waals surface area contributed by atoms with Gasteiger partial charge in [-0.05, 0) is 43.0 Å². The van der Waals surface area contributed by atoms with Crippen LogP contribution in [0.4, 0.5) is 4.39 Å². The van der Waals surface area contributed by atoms with Gasteiger partial charge in [-0.25, -0.2) is 12.8 Å². The van der Waals surface area contributed by atoms with Crippen molar-refractivity contribution >= 4 is 21.4 Å². The number of pyridine rings is 1. The average molecular weight is 464 g/mol. The fraction of sp³-hybridized carbons (Fsp3) is 0.286. The molecule has 0 N–H and O–H groups in total. The maximum absolute atomic E-state index is 14.2. The molecular formula is C21H19ClFN3O4S. The van der Waals surface area contributed by atoms with E-state index in [-0.39, 0.29) is 45.5 Å². The Hall–Kier alpha value is -2.78. The highest BCUT2D eigenvalue weighted by atomic mass is 35.5. The molecule has 3 aromatic rings. The molecule has 0 amide bonds. The van der Waals surface area contributed by atoms with Crippen LogP contribution in [-0.2, 0) is 22.6 Å². The third-order valence-corrected chi connectivity index (χ3v) is 6.82. The Kier molecular flexibility index (Phi) is 5.81. The maximum Gasteiger partial charge on any atom is 0.322 e. The summed E-state index contributed by atoms with van der Waals surface area (Å²) in [4.78, 5) is 20.2. The third-order valence-electron chi connectivity index (χ3n) is 4.81. The van der Waals surface area contributed by atoms with E-state index in [1.165, 1.54) is 34.9 Å². The van der Waals surface area contributed by atoms with Crippen LogP contribution in [0.15, 0.2) is 47.4 Å². The first-order valence-electron chi connectivity index (χ1n) is 9.57. The van der Waals surface area contributed by atoms with E-state index in [0.717, 1.165) is 12.8 Å². The highest BCUT2D eigenvalue weighted by Gasteiger charge is 2.28. The summed E-state index contributed by atoms with van der Waals surface area (Å²) in [5.41, 5.74) is 0.890. The van der Waals surface area contributed by atoms with Crippen molar-refractivity contribution in [2.45, 2.75) is 18.6 Å². The molecule has 0 saturated heterocycles. The number of sulfone groups is 1. The Morgan fingerprint density at radius 2 is 2.00 bits per heavy atom. The maximum atomic E-state index is 14.2. The summed E-state index contributed by atoms with van der Waals surface area (Å²) >= 11 is 6.03. The van der Waals surface area contributed by atoms with Gasteiger partial charge >= 0.3 is 6.01 Å². The van der Waals surface area contributed by atoms with Crippen molar-refractivity contribution in [3.63, 3.8) is 0 Å². The Morgan fingerprint density at radius 3 is 2.68 bits per heavy atom. The second-order valence-corrected chi connectivity index (χ2v) is 10.1. The molecule has 1 fully saturated rings. The monoisotopic (exact) mass is 463 g/mol. The standard InChI is InChI=1S/C21H19ClFN3O4S/c1-26-10-14(7-8-19(26)27)18-9-15(12-31(28,29)11-13-5-6-13)24-21(25-18)30-20-16(22)3-2-4-17(20)23/h2-4,7-10,13H,5-6,11-12H2,1H3. The second-order valence-electron chi connectivity index (χ2n) is 7.54. The number of rotatable bonds is 7. The summed E-state index contributed by atoms with van der Waals surface area (Å²) in [5, 5.41) is 0.0269. The molecule has 162 valence electrons. The molecule has 0 aliphatic heterocycles. The van der Waals surface area contributed by atoms with E-state index in [0.29, 0.717) is 11.3 Å². The van der Waals surface area contributed by atoms with E-state index >= 15 is 0 Å². The lowest BCUT2D eigenvalue weighted by molar-refractivity contribution is 0.410. The van der Waals surface area contributed by atoms with Crippen molar-refractivity contribution < 1.29 is 17.5 Å². The number of nitrogens with zero attached hydrogens (tertiary/aromatic N) is 3. The van der Waals surface area contributed by atoms with Gasteiger partial charge in [0.15, 0.2) is 21.4 Å². The van der Waals surface area contributed by atoms with Gasteiger partial charge in [0.2, 0.25) is 5.56 Å². The predicted octanol–water partition coefficient (Wildman–Crippen LogP) is 3.75. The molecule has 0 radical (unpaired) electrons. The quantitative estimate of drug-likeness (QED) is 0.530. The molecule has 2 heterocycles. The fourth-order valence-electron chi connectivity index (χ4n) is 3.09. The number of hydrogen-bond acceptors (Lipinski definition) is 6. The zero-order valence-electron chi connectivity index (χ0n) is 16.6. The average Bonchev–Trinajstić information content (AvgIpc) is 3.49. The summed E-state index contributed by atoms with van der Waals surface area (Å²) in [6.07, 6.45) is 3.38. The van der Waals surface area contributed by atoms with Gasteiger partial charge in [0.25, 0.3) is 0 Å². The van der Waals surface area contributed by atoms with E-state index in [1.807, 2.05) is 0 Å². The van der Waals surface area contributed by atoms with Gasteiger partial charge in [-0.15, -0.1) is 0 Å². The zero-order valence-corrected chi connectivity index (χ0v) is 18.2. The Labute approximate surface area is 183 Å². The molecule has 2 aromatic heterocycles. The van der Waals surface area contributed by atoms with Crippen LogP contribution in [0, 0.1) is 11.7 Å². The normalized spacial score (nSPS) is 13.9. The Bertz CT molecular complexity index is 1290. The minimum absolute atomic E-state index is 0.0269. The smallest absolute Gasteiger partial charge is 0.322 e. The van der Waals surface area contributed by atoms with Gasteiger partial charge in [0.1, 0.15) is 0 Å². The van der Waals surface area contributed by atoms with Gasteiger partial charge in [-0.1, -0.05) is 17.7 Å². The van der Waals surface area contributed by atoms with Crippen LogP contribution in [-0.4, -0.2) is 28.7 Å². The predicted molar refractivity (Wildman–Crippen MR) is 114 cm³/mol. The van der Waals surface area contributed by atoms with Crippen molar-refractivity contribution in [1.82, 2.24) is 14.5 Å². The summed E-state index contributed by atoms with van der Waals surface area (Å²) in [6.45, 7) is 0. The lowest BCUT2D eigenvalue weighted by Crippen LogP contribution is -2.15. The molecule has 0 atom stereocenters. The van der Waals surface area contributed by atoms with Crippen molar-refractivity contribution in [2.24, 2.45) is 13.0 Å². The minimum Gasteiger partial charge on any atom is -0.420 e. The lowest BCUT2D eigenvalue weighted by atomic mass is 10.2. The number of aryl methyl sites for hydroxylation is 1. The molecule has 1 aliphatic carbocycles. The van der Waals surface area contributed by atoms with Gasteiger partial charge < -0.3 is 9.30 Å². The molecular weight excluding hydrogens is 445 g/mol. The van der Waals surface area contributed by atoms with Crippen LogP contribution < -0.4 is 10.3 Å². The number of aromatic nitrogens is 3. The number of para-hydroxylation sites is 1. The molecule has 0 spiro atoms. The van der Waals surface area contributed by atoms with Gasteiger partial charge in [-0.2, -0.15) is 9.97 Å². The molecule has 1 saturated carbocycles. The number of benzene rings is 1. The van der Waals surface area contributed by atoms with Crippen molar-refractivity contribution in [3.8, 4) is 23.0 Å². The summed E-state index contributed by atoms with van der Waals surface area (Å²) < 4.78 is 46.2. The topological polar surface area (TPSA) is 91.2 Å². The highest BCUT2D eigenvalue weighted by molar-refractivity contribution is 7.90. The molecule has 1 aromatic carbocycles. The van der Waals surface area contributed by atoms with E-state index < -0.39 is 15.7 Å². The molecule has 7 nitrogen and oxygen atoms in total. The second kappa shape index (κ2) is 8.39. The Balaban J connectivity index is 1.75. The van der Waals surface area contributed by atoms with Gasteiger partial charge in [-0.3, -0.25) is 4.79 Å². The van der Waals surface area contributed by atoms with E-state index in [2.05, 4.69) is 9.97 Å². The van der Waals surface area contributed by atoms with Gasteiger partial charge in [0, 0.05) is 24.9 Å². The largest absolute Gasteiger partial charge is 0.420 e. The van der Waals surface area contributed by atoms with Crippen LogP contribution in [0.25, 0.3) is 11.3 Å². The molecule has 10 heteroatoms. The highest BCUT2D eigenvalue weighted by Crippen LogP contribution is 2.33. The molecule has 4 rings (SSSR count). The summed E-state index contributed by atoms with van der Waals surface area (Å²) in [5.74, 6) is -0.962. The van der Waals surface area contributed by atoms with Gasteiger partial charge in [0.05, 0.1) is 27.9 Å². The van der Waals surface area contributed by atoms with Crippen molar-refractivity contribution in [1.29, 1.82) is 0 Å². The lowest BCUT2D eigenvalue weighted by Gasteiger charge is -2.11. The van der Waals surface area contributed by atoms with Crippen LogP contribution in [0.1, 0.15) is 18.5 Å². The summed E-state index contributed by atoms with van der Waals surface area (Å²) in [7, 11) is -1.80. The third kappa shape index (κ3) is 5.29. The van der Waals surface area contributed by atoms with Crippen molar-refractivity contribution in [2.75, 3.05) is 5.75 Å². The first-order valence-corrected chi connectivity index (χ1v) is 11.8. The van der Waals surface area contributed by atoms with Crippen LogP contribution in [0.2, 0.25) is 5.02 Å². The van der Waals surface area contributed by atoms with E-state index in [4.69, 9.17) is 16.3 Å². The minimum atomic E-state index is -3.39. The molecule has 1 aliphatic rings. The van der Waals surface area contributed by atoms with Crippen LogP contribution in [0.5, 0.6) is 11.8 Å². The first-order chi connectivity index (χ1) is 14.7. The van der Waals surface area contributed by atoms with E-state index in [9.17, 15) is 17.6 Å². The van der Waals surface area contributed by atoms with Crippen molar-refractivity contribution in [3.05, 3.63) is 69.5 Å². The SMILES string of the molecule is Cn1cc(-c2cc(CS(=O)(=O)CC3CC3)nc(Oc3c(F)cccc3Cl)n2)ccc1=O.